The number of sulfonamides is 1. The summed E-state index contributed by atoms with van der Waals surface area (Å²) in [4.78, 5) is 0.347. The van der Waals surface area contributed by atoms with E-state index in [4.69, 9.17) is 5.73 Å². The highest BCUT2D eigenvalue weighted by Crippen LogP contribution is 2.36. The van der Waals surface area contributed by atoms with Crippen molar-refractivity contribution in [3.05, 3.63) is 23.3 Å². The number of nitrogen functional groups attached to an aromatic ring is 1. The van der Waals surface area contributed by atoms with Gasteiger partial charge >= 0.3 is 0 Å². The van der Waals surface area contributed by atoms with Crippen LogP contribution in [0, 0.1) is 13.8 Å². The van der Waals surface area contributed by atoms with Crippen molar-refractivity contribution < 1.29 is 8.42 Å². The van der Waals surface area contributed by atoms with Crippen molar-refractivity contribution in [3.8, 4) is 0 Å². The first-order valence-electron chi connectivity index (χ1n) is 6.56. The van der Waals surface area contributed by atoms with Gasteiger partial charge in [-0.25, -0.2) is 8.42 Å². The van der Waals surface area contributed by atoms with E-state index in [9.17, 15) is 8.42 Å². The molecule has 0 atom stereocenters. The molecule has 0 amide bonds. The Morgan fingerprint density at radius 1 is 1.26 bits per heavy atom. The lowest BCUT2D eigenvalue weighted by atomic mass is 10.0. The molecular formula is C14H22N2O2S. The van der Waals surface area contributed by atoms with Gasteiger partial charge in [0.1, 0.15) is 0 Å². The Morgan fingerprint density at radius 3 is 2.42 bits per heavy atom. The minimum absolute atomic E-state index is 0.316. The van der Waals surface area contributed by atoms with Crippen molar-refractivity contribution in [2.24, 2.45) is 0 Å². The van der Waals surface area contributed by atoms with Gasteiger partial charge in [-0.05, 0) is 63.8 Å². The fourth-order valence-electron chi connectivity index (χ4n) is 2.77. The fraction of sp³-hybridized carbons (Fsp3) is 0.571. The van der Waals surface area contributed by atoms with Gasteiger partial charge in [0.2, 0.25) is 10.0 Å². The number of hydrogen-bond donors (Lipinski definition) is 1. The average molecular weight is 282 g/mol. The van der Waals surface area contributed by atoms with Crippen molar-refractivity contribution in [2.45, 2.75) is 51.0 Å². The Morgan fingerprint density at radius 2 is 1.89 bits per heavy atom. The van der Waals surface area contributed by atoms with Crippen LogP contribution in [-0.2, 0) is 10.0 Å². The average Bonchev–Trinajstić information content (AvgIpc) is 2.63. The normalized spacial score (nSPS) is 19.8. The Balaban J connectivity index is 2.58. The van der Waals surface area contributed by atoms with Crippen LogP contribution in [0.15, 0.2) is 17.0 Å². The van der Waals surface area contributed by atoms with E-state index >= 15 is 0 Å². The molecule has 1 aliphatic heterocycles. The highest BCUT2D eigenvalue weighted by Gasteiger charge is 2.41. The van der Waals surface area contributed by atoms with Gasteiger partial charge in [0.05, 0.1) is 4.90 Å². The third-order valence-electron chi connectivity index (χ3n) is 3.94. The second-order valence-corrected chi connectivity index (χ2v) is 7.80. The smallest absolute Gasteiger partial charge is 0.243 e. The van der Waals surface area contributed by atoms with Crippen LogP contribution < -0.4 is 5.73 Å². The quantitative estimate of drug-likeness (QED) is 0.847. The lowest BCUT2D eigenvalue weighted by Crippen LogP contribution is -2.42. The van der Waals surface area contributed by atoms with Crippen LogP contribution in [0.1, 0.15) is 37.8 Å². The molecule has 1 aliphatic rings. The van der Waals surface area contributed by atoms with Crippen LogP contribution in [-0.4, -0.2) is 24.8 Å². The van der Waals surface area contributed by atoms with Crippen LogP contribution in [0.3, 0.4) is 0 Å². The zero-order valence-electron chi connectivity index (χ0n) is 12.0. The maximum Gasteiger partial charge on any atom is 0.243 e. The van der Waals surface area contributed by atoms with Crippen molar-refractivity contribution >= 4 is 15.7 Å². The van der Waals surface area contributed by atoms with E-state index in [1.54, 1.807) is 17.3 Å². The topological polar surface area (TPSA) is 63.4 Å². The van der Waals surface area contributed by atoms with Gasteiger partial charge in [0.15, 0.2) is 0 Å². The van der Waals surface area contributed by atoms with Crippen molar-refractivity contribution in [1.82, 2.24) is 4.31 Å². The monoisotopic (exact) mass is 282 g/mol. The van der Waals surface area contributed by atoms with Gasteiger partial charge in [0, 0.05) is 17.8 Å². The van der Waals surface area contributed by atoms with E-state index < -0.39 is 10.0 Å². The zero-order valence-corrected chi connectivity index (χ0v) is 12.8. The molecule has 2 N–H and O–H groups in total. The number of anilines is 1. The number of hydrogen-bond acceptors (Lipinski definition) is 3. The molecule has 0 radical (unpaired) electrons. The summed E-state index contributed by atoms with van der Waals surface area (Å²) in [5.41, 5.74) is 7.64. The van der Waals surface area contributed by atoms with Gasteiger partial charge < -0.3 is 5.73 Å². The lowest BCUT2D eigenvalue weighted by molar-refractivity contribution is 0.291. The first-order chi connectivity index (χ1) is 8.66. The molecule has 0 aromatic heterocycles. The Bertz CT molecular complexity index is 606. The summed E-state index contributed by atoms with van der Waals surface area (Å²) in [6.45, 7) is 8.18. The molecule has 2 rings (SSSR count). The first-order valence-corrected chi connectivity index (χ1v) is 8.00. The minimum atomic E-state index is -3.47. The third-order valence-corrected chi connectivity index (χ3v) is 6.17. The highest BCUT2D eigenvalue weighted by molar-refractivity contribution is 7.89. The van der Waals surface area contributed by atoms with E-state index in [0.29, 0.717) is 22.7 Å². The number of rotatable bonds is 2. The first kappa shape index (κ1) is 14.3. The summed E-state index contributed by atoms with van der Waals surface area (Å²) in [6.07, 6.45) is 1.80. The van der Waals surface area contributed by atoms with Crippen LogP contribution >= 0.6 is 0 Å². The summed E-state index contributed by atoms with van der Waals surface area (Å²) in [7, 11) is -3.47. The Kier molecular flexibility index (Phi) is 3.39. The summed E-state index contributed by atoms with van der Waals surface area (Å²) >= 11 is 0. The van der Waals surface area contributed by atoms with Crippen LogP contribution in [0.5, 0.6) is 0 Å². The predicted molar refractivity (Wildman–Crippen MR) is 77.5 cm³/mol. The third kappa shape index (κ3) is 2.37. The summed E-state index contributed by atoms with van der Waals surface area (Å²) in [5, 5.41) is 0. The Labute approximate surface area is 115 Å². The molecule has 1 heterocycles. The van der Waals surface area contributed by atoms with E-state index in [2.05, 4.69) is 0 Å². The SMILES string of the molecule is Cc1cc(N)c(C)c(S(=O)(=O)N2CCCC2(C)C)c1. The van der Waals surface area contributed by atoms with E-state index in [-0.39, 0.29) is 5.54 Å². The molecule has 1 saturated heterocycles. The number of aryl methyl sites for hydroxylation is 1. The molecule has 1 aromatic rings. The second kappa shape index (κ2) is 4.49. The van der Waals surface area contributed by atoms with Gasteiger partial charge in [-0.3, -0.25) is 0 Å². The van der Waals surface area contributed by atoms with E-state index in [1.807, 2.05) is 26.8 Å². The van der Waals surface area contributed by atoms with E-state index in [1.165, 1.54) is 0 Å². The predicted octanol–water partition coefficient (Wildman–Crippen LogP) is 2.45. The molecule has 4 nitrogen and oxygen atoms in total. The zero-order chi connectivity index (χ0) is 14.4. The molecule has 0 aliphatic carbocycles. The second-order valence-electron chi connectivity index (χ2n) is 5.97. The van der Waals surface area contributed by atoms with Gasteiger partial charge in [-0.2, -0.15) is 4.31 Å². The summed E-state index contributed by atoms with van der Waals surface area (Å²) in [5.74, 6) is 0. The largest absolute Gasteiger partial charge is 0.398 e. The van der Waals surface area contributed by atoms with Gasteiger partial charge in [-0.1, -0.05) is 0 Å². The molecular weight excluding hydrogens is 260 g/mol. The molecule has 5 heteroatoms. The summed E-state index contributed by atoms with van der Waals surface area (Å²) in [6, 6.07) is 3.53. The number of nitrogens with two attached hydrogens (primary N) is 1. The molecule has 0 spiro atoms. The standard InChI is InChI=1S/C14H22N2O2S/c1-10-8-12(15)11(2)13(9-10)19(17,18)16-7-5-6-14(16,3)4/h8-9H,5-7,15H2,1-4H3. The van der Waals surface area contributed by atoms with Crippen molar-refractivity contribution in [3.63, 3.8) is 0 Å². The van der Waals surface area contributed by atoms with Crippen LogP contribution in [0.25, 0.3) is 0 Å². The van der Waals surface area contributed by atoms with E-state index in [0.717, 1.165) is 18.4 Å². The molecule has 0 unspecified atom stereocenters. The lowest BCUT2D eigenvalue weighted by Gasteiger charge is -2.31. The van der Waals surface area contributed by atoms with Crippen molar-refractivity contribution in [2.75, 3.05) is 12.3 Å². The molecule has 0 bridgehead atoms. The van der Waals surface area contributed by atoms with Gasteiger partial charge in [-0.15, -0.1) is 0 Å². The molecule has 19 heavy (non-hydrogen) atoms. The molecule has 1 aromatic carbocycles. The molecule has 0 saturated carbocycles. The minimum Gasteiger partial charge on any atom is -0.398 e. The number of benzene rings is 1. The highest BCUT2D eigenvalue weighted by atomic mass is 32.2. The van der Waals surface area contributed by atoms with Crippen LogP contribution in [0.2, 0.25) is 0 Å². The number of nitrogens with zero attached hydrogens (tertiary/aromatic N) is 1. The molecule has 106 valence electrons. The fourth-order valence-corrected chi connectivity index (χ4v) is 4.96. The maximum absolute atomic E-state index is 12.8. The Hall–Kier alpha value is -1.07. The summed E-state index contributed by atoms with van der Waals surface area (Å²) < 4.78 is 27.3. The van der Waals surface area contributed by atoms with Crippen LogP contribution in [0.4, 0.5) is 5.69 Å². The molecule has 1 fully saturated rings. The van der Waals surface area contributed by atoms with Gasteiger partial charge in [0.25, 0.3) is 0 Å². The maximum atomic E-state index is 12.8. The van der Waals surface area contributed by atoms with Crippen molar-refractivity contribution in [1.29, 1.82) is 0 Å².